The Morgan fingerprint density at radius 1 is 1.30 bits per heavy atom. The number of benzene rings is 1. The number of hydrogen-bond acceptors (Lipinski definition) is 3. The van der Waals surface area contributed by atoms with Gasteiger partial charge in [0, 0.05) is 5.54 Å². The molecule has 0 amide bonds. The normalized spacial score (nSPS) is 12.3. The zero-order valence-electron chi connectivity index (χ0n) is 12.0. The number of methoxy groups -OCH3 is 1. The van der Waals surface area contributed by atoms with Gasteiger partial charge in [0.1, 0.15) is 6.54 Å². The molecule has 20 heavy (non-hydrogen) atoms. The second kappa shape index (κ2) is 6.46. The highest BCUT2D eigenvalue weighted by atomic mass is 31.2. The van der Waals surface area contributed by atoms with Crippen molar-refractivity contribution in [3.05, 3.63) is 30.3 Å². The van der Waals surface area contributed by atoms with Gasteiger partial charge >= 0.3 is 13.8 Å². The van der Waals surface area contributed by atoms with E-state index in [2.05, 4.69) is 9.48 Å². The number of carbonyl (C=O) groups is 1. The van der Waals surface area contributed by atoms with Gasteiger partial charge in [0.15, 0.2) is 0 Å². The number of carbonyl (C=O) groups excluding carboxylic acids is 1. The number of halogens is 2. The lowest BCUT2D eigenvalue weighted by Gasteiger charge is -2.34. The summed E-state index contributed by atoms with van der Waals surface area (Å²) in [6.07, 6.45) is 0. The first-order chi connectivity index (χ1) is 9.16. The lowest BCUT2D eigenvalue weighted by atomic mass is 10.1. The van der Waals surface area contributed by atoms with E-state index >= 15 is 0 Å². The minimum Gasteiger partial charge on any atom is -0.468 e. The summed E-state index contributed by atoms with van der Waals surface area (Å²) >= 11 is 0. The molecular formula is C13H19F2N2O2P. The van der Waals surface area contributed by atoms with Crippen molar-refractivity contribution in [1.82, 2.24) is 4.67 Å². The third kappa shape index (κ3) is 4.69. The minimum absolute atomic E-state index is 0.199. The molecule has 0 bridgehead atoms. The van der Waals surface area contributed by atoms with Crippen LogP contribution in [-0.4, -0.2) is 29.8 Å². The maximum atomic E-state index is 14.4. The number of rotatable bonds is 4. The maximum absolute atomic E-state index is 14.4. The number of hydrogen-bond donors (Lipinski definition) is 0. The van der Waals surface area contributed by atoms with Crippen LogP contribution in [0, 0.1) is 0 Å². The molecule has 0 unspecified atom stereocenters. The van der Waals surface area contributed by atoms with E-state index in [9.17, 15) is 13.2 Å². The van der Waals surface area contributed by atoms with Crippen LogP contribution in [0.15, 0.2) is 35.1 Å². The summed E-state index contributed by atoms with van der Waals surface area (Å²) in [5.41, 5.74) is -0.700. The molecule has 0 fully saturated rings. The molecule has 0 aliphatic heterocycles. The van der Waals surface area contributed by atoms with Gasteiger partial charge < -0.3 is 4.74 Å². The topological polar surface area (TPSA) is 41.9 Å². The lowest BCUT2D eigenvalue weighted by molar-refractivity contribution is -0.141. The Balaban J connectivity index is 3.17. The largest absolute Gasteiger partial charge is 0.468 e. The molecule has 1 rings (SSSR count). The van der Waals surface area contributed by atoms with Gasteiger partial charge in [0.2, 0.25) is 0 Å². The van der Waals surface area contributed by atoms with Crippen LogP contribution in [0.1, 0.15) is 20.8 Å². The zero-order chi connectivity index (χ0) is 15.4. The minimum atomic E-state index is -4.81. The third-order valence-electron chi connectivity index (χ3n) is 2.56. The number of nitrogens with zero attached hydrogens (tertiary/aromatic N) is 2. The molecule has 0 radical (unpaired) electrons. The van der Waals surface area contributed by atoms with Gasteiger partial charge in [-0.25, -0.2) is 4.67 Å². The van der Waals surface area contributed by atoms with Crippen LogP contribution in [0.2, 0.25) is 0 Å². The number of ether oxygens (including phenoxy) is 1. The standard InChI is InChI=1S/C13H19F2N2O2P/c1-13(2,3)17(10-12(18)19-4)20(14,15)16-11-8-6-5-7-9-11/h5-9H,10H2,1-4H3. The second-order valence-corrected chi connectivity index (χ2v) is 6.79. The van der Waals surface area contributed by atoms with Gasteiger partial charge in [-0.05, 0) is 32.9 Å². The fourth-order valence-electron chi connectivity index (χ4n) is 1.56. The van der Waals surface area contributed by atoms with E-state index in [1.54, 1.807) is 39.0 Å². The van der Waals surface area contributed by atoms with Crippen molar-refractivity contribution in [3.63, 3.8) is 0 Å². The first-order valence-corrected chi connectivity index (χ1v) is 7.56. The zero-order valence-corrected chi connectivity index (χ0v) is 12.9. The Kier molecular flexibility index (Phi) is 5.42. The van der Waals surface area contributed by atoms with Crippen LogP contribution in [0.3, 0.4) is 0 Å². The average Bonchev–Trinajstić information content (AvgIpc) is 2.34. The molecular weight excluding hydrogens is 285 g/mol. The van der Waals surface area contributed by atoms with Gasteiger partial charge in [0.25, 0.3) is 0 Å². The molecule has 0 atom stereocenters. The molecule has 0 spiro atoms. The Hall–Kier alpha value is -1.26. The van der Waals surface area contributed by atoms with Crippen molar-refractivity contribution in [2.45, 2.75) is 26.3 Å². The van der Waals surface area contributed by atoms with Crippen LogP contribution in [-0.2, 0) is 9.53 Å². The molecule has 1 aromatic rings. The van der Waals surface area contributed by atoms with Crippen molar-refractivity contribution < 1.29 is 17.9 Å². The van der Waals surface area contributed by atoms with Crippen molar-refractivity contribution >= 4 is 19.5 Å². The van der Waals surface area contributed by atoms with Crippen LogP contribution >= 0.6 is 7.83 Å². The van der Waals surface area contributed by atoms with E-state index in [-0.39, 0.29) is 5.69 Å². The fraction of sp³-hybridized carbons (Fsp3) is 0.462. The highest BCUT2D eigenvalue weighted by molar-refractivity contribution is 7.53. The summed E-state index contributed by atoms with van der Waals surface area (Å²) in [5, 5.41) is 0. The monoisotopic (exact) mass is 304 g/mol. The predicted octanol–water partition coefficient (Wildman–Crippen LogP) is 4.48. The summed E-state index contributed by atoms with van der Waals surface area (Å²) < 4.78 is 37.7. The molecule has 0 heterocycles. The smallest absolute Gasteiger partial charge is 0.373 e. The average molecular weight is 304 g/mol. The first kappa shape index (κ1) is 16.8. The second-order valence-electron chi connectivity index (χ2n) is 5.20. The van der Waals surface area contributed by atoms with E-state index in [1.807, 2.05) is 0 Å². The van der Waals surface area contributed by atoms with Crippen molar-refractivity contribution in [3.8, 4) is 0 Å². The Morgan fingerprint density at radius 2 is 1.85 bits per heavy atom. The summed E-state index contributed by atoms with van der Waals surface area (Å²) in [6.45, 7) is 4.36. The summed E-state index contributed by atoms with van der Waals surface area (Å²) in [5.74, 6) is -0.706. The molecule has 0 aromatic heterocycles. The summed E-state index contributed by atoms with van der Waals surface area (Å²) in [4.78, 5) is 11.3. The molecule has 4 nitrogen and oxygen atoms in total. The van der Waals surface area contributed by atoms with E-state index in [4.69, 9.17) is 0 Å². The van der Waals surface area contributed by atoms with Crippen molar-refractivity contribution in [2.24, 2.45) is 4.74 Å². The molecule has 0 saturated carbocycles. The highest BCUT2D eigenvalue weighted by Gasteiger charge is 2.38. The third-order valence-corrected chi connectivity index (χ3v) is 4.36. The molecule has 0 N–H and O–H groups in total. The Labute approximate surface area is 118 Å². The van der Waals surface area contributed by atoms with Gasteiger partial charge in [-0.15, -0.1) is 0 Å². The van der Waals surface area contributed by atoms with Crippen LogP contribution < -0.4 is 0 Å². The molecule has 1 aromatic carbocycles. The summed E-state index contributed by atoms with van der Waals surface area (Å²) in [7, 11) is -3.63. The van der Waals surface area contributed by atoms with Gasteiger partial charge in [0.05, 0.1) is 12.8 Å². The van der Waals surface area contributed by atoms with Gasteiger partial charge in [-0.2, -0.15) is 13.1 Å². The van der Waals surface area contributed by atoms with E-state index < -0.39 is 25.9 Å². The van der Waals surface area contributed by atoms with Crippen LogP contribution in [0.4, 0.5) is 14.1 Å². The molecule has 0 saturated heterocycles. The molecule has 0 aliphatic carbocycles. The Bertz CT molecular complexity index is 509. The summed E-state index contributed by atoms with van der Waals surface area (Å²) in [6, 6.07) is 8.02. The molecule has 0 aliphatic rings. The van der Waals surface area contributed by atoms with Crippen LogP contribution in [0.25, 0.3) is 0 Å². The van der Waals surface area contributed by atoms with Crippen molar-refractivity contribution in [2.75, 3.05) is 13.7 Å². The van der Waals surface area contributed by atoms with E-state index in [0.29, 0.717) is 0 Å². The van der Waals surface area contributed by atoms with Crippen LogP contribution in [0.5, 0.6) is 0 Å². The first-order valence-electron chi connectivity index (χ1n) is 6.08. The van der Waals surface area contributed by atoms with Crippen molar-refractivity contribution in [1.29, 1.82) is 0 Å². The highest BCUT2D eigenvalue weighted by Crippen LogP contribution is 2.61. The molecule has 112 valence electrons. The quantitative estimate of drug-likeness (QED) is 0.608. The molecule has 7 heteroatoms. The van der Waals surface area contributed by atoms with Gasteiger partial charge in [-0.1, -0.05) is 18.2 Å². The van der Waals surface area contributed by atoms with E-state index in [0.717, 1.165) is 4.67 Å². The fourth-order valence-corrected chi connectivity index (χ4v) is 3.08. The predicted molar refractivity (Wildman–Crippen MR) is 76.1 cm³/mol. The number of esters is 1. The Morgan fingerprint density at radius 3 is 2.30 bits per heavy atom. The lowest BCUT2D eigenvalue weighted by Crippen LogP contribution is -2.40. The SMILES string of the molecule is COC(=O)CN(C(C)(C)C)P(F)(F)=Nc1ccccc1. The van der Waals surface area contributed by atoms with Gasteiger partial charge in [-0.3, -0.25) is 4.79 Å². The van der Waals surface area contributed by atoms with E-state index in [1.165, 1.54) is 19.2 Å². The maximum Gasteiger partial charge on any atom is 0.373 e.